The molecule has 0 fully saturated rings. The maximum absolute atomic E-state index is 9.60. The Morgan fingerprint density at radius 2 is 1.20 bits per heavy atom. The smallest absolute Gasteiger partial charge is 0.343 e. The molecule has 5 heteroatoms. The molecule has 0 saturated carbocycles. The van der Waals surface area contributed by atoms with E-state index in [0.29, 0.717) is 5.12 Å². The van der Waals surface area contributed by atoms with Crippen LogP contribution in [0, 0.1) is 0 Å². The van der Waals surface area contributed by atoms with Crippen LogP contribution < -0.4 is 17.4 Å². The van der Waals surface area contributed by atoms with Crippen LogP contribution in [-0.2, 0) is 0 Å². The zero-order chi connectivity index (χ0) is 12.1. The Morgan fingerprint density at radius 3 is 1.40 bits per heavy atom. The summed E-state index contributed by atoms with van der Waals surface area (Å²) >= 11 is 0. The standard InChI is InChI=1S/C9H20.CH6N4O/c1-3-5-7-9-8-6-4-2;2-1(6)5(3)4/h3-9H2,1-2H3;3-4H2,(H2,2,6). The highest BCUT2D eigenvalue weighted by atomic mass is 16.2. The fourth-order valence-electron chi connectivity index (χ4n) is 1.03. The second-order valence-corrected chi connectivity index (χ2v) is 3.51. The maximum Gasteiger partial charge on any atom is 0.343 e. The number of hydrogen-bond donors (Lipinski definition) is 3. The van der Waals surface area contributed by atoms with E-state index >= 15 is 0 Å². The van der Waals surface area contributed by atoms with Crippen molar-refractivity contribution in [2.45, 2.75) is 58.8 Å². The number of primary amides is 1. The van der Waals surface area contributed by atoms with Crippen molar-refractivity contribution in [1.82, 2.24) is 5.12 Å². The normalized spacial score (nSPS) is 9.07. The number of amides is 2. The van der Waals surface area contributed by atoms with Crippen LogP contribution in [0.3, 0.4) is 0 Å². The third-order valence-electron chi connectivity index (χ3n) is 1.96. The predicted octanol–water partition coefficient (Wildman–Crippen LogP) is 1.87. The van der Waals surface area contributed by atoms with Crippen LogP contribution in [0.5, 0.6) is 0 Å². The van der Waals surface area contributed by atoms with Crippen molar-refractivity contribution in [3.63, 3.8) is 0 Å². The van der Waals surface area contributed by atoms with Crippen LogP contribution in [0.4, 0.5) is 4.79 Å². The van der Waals surface area contributed by atoms with Gasteiger partial charge in [0.2, 0.25) is 0 Å². The van der Waals surface area contributed by atoms with Gasteiger partial charge < -0.3 is 5.73 Å². The monoisotopic (exact) mass is 218 g/mol. The van der Waals surface area contributed by atoms with Crippen molar-refractivity contribution in [3.05, 3.63) is 0 Å². The van der Waals surface area contributed by atoms with E-state index in [1.165, 1.54) is 44.9 Å². The lowest BCUT2D eigenvalue weighted by Crippen LogP contribution is -2.46. The Labute approximate surface area is 92.9 Å². The Balaban J connectivity index is 0. The fraction of sp³-hybridized carbons (Fsp3) is 0.900. The summed E-state index contributed by atoms with van der Waals surface area (Å²) in [5.74, 6) is 9.14. The lowest BCUT2D eigenvalue weighted by Gasteiger charge is -2.00. The zero-order valence-corrected chi connectivity index (χ0v) is 10.0. The number of carbonyl (C=O) groups excluding carboxylic acids is 1. The lowest BCUT2D eigenvalue weighted by molar-refractivity contribution is 0.210. The van der Waals surface area contributed by atoms with E-state index in [9.17, 15) is 4.79 Å². The third-order valence-corrected chi connectivity index (χ3v) is 1.96. The average Bonchev–Trinajstić information content (AvgIpc) is 2.18. The van der Waals surface area contributed by atoms with E-state index in [2.05, 4.69) is 31.3 Å². The van der Waals surface area contributed by atoms with Crippen molar-refractivity contribution in [3.8, 4) is 0 Å². The summed E-state index contributed by atoms with van der Waals surface area (Å²) in [7, 11) is 0. The first kappa shape index (κ1) is 16.6. The molecule has 0 heterocycles. The molecule has 0 aromatic heterocycles. The first-order chi connectivity index (χ1) is 7.06. The van der Waals surface area contributed by atoms with Gasteiger partial charge in [0, 0.05) is 0 Å². The third kappa shape index (κ3) is 19.6. The van der Waals surface area contributed by atoms with Crippen molar-refractivity contribution in [2.75, 3.05) is 0 Å². The molecular weight excluding hydrogens is 192 g/mol. The molecule has 0 aliphatic rings. The zero-order valence-electron chi connectivity index (χ0n) is 10.0. The number of rotatable bonds is 6. The summed E-state index contributed by atoms with van der Waals surface area (Å²) < 4.78 is 0. The molecule has 2 amide bonds. The highest BCUT2D eigenvalue weighted by Crippen LogP contribution is 2.05. The van der Waals surface area contributed by atoms with Gasteiger partial charge in [0.1, 0.15) is 0 Å². The molecule has 92 valence electrons. The van der Waals surface area contributed by atoms with E-state index in [1.807, 2.05) is 0 Å². The first-order valence-electron chi connectivity index (χ1n) is 5.65. The number of urea groups is 1. The number of nitrogens with zero attached hydrogens (tertiary/aromatic N) is 1. The summed E-state index contributed by atoms with van der Waals surface area (Å²) in [5, 5.41) is 0.306. The molecule has 0 aromatic carbocycles. The van der Waals surface area contributed by atoms with Crippen molar-refractivity contribution in [2.24, 2.45) is 17.4 Å². The van der Waals surface area contributed by atoms with Crippen molar-refractivity contribution < 1.29 is 4.79 Å². The van der Waals surface area contributed by atoms with Gasteiger partial charge in [-0.25, -0.2) is 16.5 Å². The molecule has 15 heavy (non-hydrogen) atoms. The van der Waals surface area contributed by atoms with E-state index in [4.69, 9.17) is 0 Å². The average molecular weight is 218 g/mol. The van der Waals surface area contributed by atoms with Crippen molar-refractivity contribution >= 4 is 6.03 Å². The predicted molar refractivity (Wildman–Crippen MR) is 63.5 cm³/mol. The van der Waals surface area contributed by atoms with Gasteiger partial charge in [-0.3, -0.25) is 0 Å². The van der Waals surface area contributed by atoms with Gasteiger partial charge in [0.15, 0.2) is 0 Å². The summed E-state index contributed by atoms with van der Waals surface area (Å²) in [6.45, 7) is 4.53. The second kappa shape index (κ2) is 13.2. The van der Waals surface area contributed by atoms with Gasteiger partial charge in [-0.1, -0.05) is 58.8 Å². The Bertz CT molecular complexity index is 133. The Hall–Kier alpha value is -0.810. The van der Waals surface area contributed by atoms with Gasteiger partial charge in [-0.15, -0.1) is 0 Å². The Kier molecular flexibility index (Phi) is 14.6. The largest absolute Gasteiger partial charge is 0.349 e. The molecule has 0 bridgehead atoms. The molecule has 0 saturated heterocycles. The number of hydrazine groups is 2. The van der Waals surface area contributed by atoms with Crippen LogP contribution >= 0.6 is 0 Å². The van der Waals surface area contributed by atoms with Gasteiger partial charge in [-0.05, 0) is 0 Å². The SMILES string of the molecule is CCCCCCCCC.NC(=O)N(N)N. The van der Waals surface area contributed by atoms with Crippen molar-refractivity contribution in [1.29, 1.82) is 0 Å². The molecule has 0 aliphatic carbocycles. The fourth-order valence-corrected chi connectivity index (χ4v) is 1.03. The summed E-state index contributed by atoms with van der Waals surface area (Å²) in [6.07, 6.45) is 9.97. The number of carbonyl (C=O) groups is 1. The minimum atomic E-state index is -0.852. The topological polar surface area (TPSA) is 98.4 Å². The van der Waals surface area contributed by atoms with E-state index in [1.54, 1.807) is 0 Å². The van der Waals surface area contributed by atoms with E-state index in [-0.39, 0.29) is 0 Å². The van der Waals surface area contributed by atoms with Gasteiger partial charge in [0.05, 0.1) is 0 Å². The van der Waals surface area contributed by atoms with Crippen LogP contribution in [-0.4, -0.2) is 11.1 Å². The molecule has 0 rings (SSSR count). The van der Waals surface area contributed by atoms with E-state index < -0.39 is 6.03 Å². The van der Waals surface area contributed by atoms with Crippen LogP contribution in [0.25, 0.3) is 0 Å². The minimum Gasteiger partial charge on any atom is -0.349 e. The summed E-state index contributed by atoms with van der Waals surface area (Å²) in [5.41, 5.74) is 4.47. The number of nitrogens with two attached hydrogens (primary N) is 3. The van der Waals surface area contributed by atoms with Gasteiger partial charge in [0.25, 0.3) is 0 Å². The molecule has 0 atom stereocenters. The molecule has 0 spiro atoms. The maximum atomic E-state index is 9.60. The second-order valence-electron chi connectivity index (χ2n) is 3.51. The molecule has 0 aliphatic heterocycles. The van der Waals surface area contributed by atoms with Crippen LogP contribution in [0.15, 0.2) is 0 Å². The first-order valence-corrected chi connectivity index (χ1v) is 5.65. The molecule has 6 N–H and O–H groups in total. The highest BCUT2D eigenvalue weighted by molar-refractivity contribution is 5.70. The van der Waals surface area contributed by atoms with Crippen LogP contribution in [0.2, 0.25) is 0 Å². The molecular formula is C10H26N4O. The van der Waals surface area contributed by atoms with E-state index in [0.717, 1.165) is 0 Å². The van der Waals surface area contributed by atoms with Gasteiger partial charge >= 0.3 is 6.03 Å². The molecule has 0 unspecified atom stereocenters. The quantitative estimate of drug-likeness (QED) is 0.275. The minimum absolute atomic E-state index is 0.306. The molecule has 0 radical (unpaired) electrons. The Morgan fingerprint density at radius 1 is 0.933 bits per heavy atom. The lowest BCUT2D eigenvalue weighted by atomic mass is 10.1. The highest BCUT2D eigenvalue weighted by Gasteiger charge is 1.90. The van der Waals surface area contributed by atoms with Crippen LogP contribution in [0.1, 0.15) is 58.8 Å². The van der Waals surface area contributed by atoms with Gasteiger partial charge in [-0.2, -0.15) is 5.12 Å². The number of hydrogen-bond acceptors (Lipinski definition) is 3. The summed E-state index contributed by atoms with van der Waals surface area (Å²) in [6, 6.07) is -0.852. The molecule has 0 aromatic rings. The number of unbranched alkanes of at least 4 members (excludes halogenated alkanes) is 6. The molecule has 5 nitrogen and oxygen atoms in total. The summed E-state index contributed by atoms with van der Waals surface area (Å²) in [4.78, 5) is 9.60.